The average Bonchev–Trinajstić information content (AvgIpc) is 2.70. The van der Waals surface area contributed by atoms with Crippen LogP contribution in [0.1, 0.15) is 49.7 Å². The molecular weight excluding hydrogens is 190 g/mol. The van der Waals surface area contributed by atoms with Gasteiger partial charge < -0.3 is 9.84 Å². The van der Waals surface area contributed by atoms with Crippen molar-refractivity contribution in [2.45, 2.75) is 38.0 Å². The summed E-state index contributed by atoms with van der Waals surface area (Å²) < 4.78 is 5.32. The summed E-state index contributed by atoms with van der Waals surface area (Å²) in [7, 11) is 0. The lowest BCUT2D eigenvalue weighted by Gasteiger charge is -2.22. The van der Waals surface area contributed by atoms with Crippen LogP contribution in [0.2, 0.25) is 0 Å². The van der Waals surface area contributed by atoms with Gasteiger partial charge in [-0.15, -0.1) is 0 Å². The minimum absolute atomic E-state index is 0.463. The summed E-state index contributed by atoms with van der Waals surface area (Å²) >= 11 is 0. The monoisotopic (exact) mass is 207 g/mol. The molecule has 1 aliphatic heterocycles. The summed E-state index contributed by atoms with van der Waals surface area (Å²) in [5, 5.41) is 7.34. The van der Waals surface area contributed by atoms with Crippen LogP contribution >= 0.6 is 0 Å². The number of hydrogen-bond acceptors (Lipinski definition) is 4. The quantitative estimate of drug-likeness (QED) is 0.801. The van der Waals surface area contributed by atoms with Gasteiger partial charge in [0.2, 0.25) is 5.89 Å². The van der Waals surface area contributed by atoms with Gasteiger partial charge in [-0.05, 0) is 25.2 Å². The zero-order valence-electron chi connectivity index (χ0n) is 9.07. The molecule has 0 amide bonds. The first-order valence-corrected chi connectivity index (χ1v) is 5.87. The molecular formula is C11H17N3O. The molecule has 2 fully saturated rings. The highest BCUT2D eigenvalue weighted by Crippen LogP contribution is 2.36. The molecule has 1 aromatic heterocycles. The van der Waals surface area contributed by atoms with Gasteiger partial charge in [-0.3, -0.25) is 0 Å². The van der Waals surface area contributed by atoms with Crippen molar-refractivity contribution in [2.24, 2.45) is 5.92 Å². The Morgan fingerprint density at radius 1 is 1.27 bits per heavy atom. The first-order valence-electron chi connectivity index (χ1n) is 5.87. The Hall–Kier alpha value is -0.900. The van der Waals surface area contributed by atoms with Gasteiger partial charge in [-0.1, -0.05) is 12.1 Å². The standard InChI is InChI=1S/C11H17N3O/c1-7-2-3-8(4-7)10-13-11(15-14-10)9-5-12-6-9/h7-9,12H,2-6H2,1H3. The third-order valence-corrected chi connectivity index (χ3v) is 3.65. The largest absolute Gasteiger partial charge is 0.339 e. The van der Waals surface area contributed by atoms with Crippen LogP contribution in [-0.2, 0) is 0 Å². The smallest absolute Gasteiger partial charge is 0.232 e. The fourth-order valence-electron chi connectivity index (χ4n) is 2.48. The number of nitrogens with one attached hydrogen (secondary N) is 1. The highest BCUT2D eigenvalue weighted by Gasteiger charge is 2.30. The second kappa shape index (κ2) is 3.59. The molecule has 2 unspecified atom stereocenters. The van der Waals surface area contributed by atoms with E-state index in [1.54, 1.807) is 0 Å². The van der Waals surface area contributed by atoms with Crippen LogP contribution in [-0.4, -0.2) is 23.2 Å². The van der Waals surface area contributed by atoms with E-state index in [0.717, 1.165) is 30.7 Å². The Bertz CT molecular complexity index is 345. The van der Waals surface area contributed by atoms with E-state index in [1.165, 1.54) is 19.3 Å². The Morgan fingerprint density at radius 2 is 2.13 bits per heavy atom. The number of hydrogen-bond donors (Lipinski definition) is 1. The van der Waals surface area contributed by atoms with E-state index >= 15 is 0 Å². The fraction of sp³-hybridized carbons (Fsp3) is 0.818. The maximum absolute atomic E-state index is 5.32. The Labute approximate surface area is 89.4 Å². The van der Waals surface area contributed by atoms with Crippen molar-refractivity contribution < 1.29 is 4.52 Å². The van der Waals surface area contributed by atoms with Crippen molar-refractivity contribution in [1.29, 1.82) is 0 Å². The number of aromatic nitrogens is 2. The molecule has 1 saturated heterocycles. The minimum Gasteiger partial charge on any atom is -0.339 e. The normalized spacial score (nSPS) is 31.8. The molecule has 0 spiro atoms. The van der Waals surface area contributed by atoms with Crippen LogP contribution in [0.4, 0.5) is 0 Å². The topological polar surface area (TPSA) is 51.0 Å². The van der Waals surface area contributed by atoms with Gasteiger partial charge in [0, 0.05) is 19.0 Å². The molecule has 2 heterocycles. The molecule has 2 aliphatic rings. The van der Waals surface area contributed by atoms with Crippen molar-refractivity contribution in [3.63, 3.8) is 0 Å². The zero-order valence-corrected chi connectivity index (χ0v) is 9.07. The maximum atomic E-state index is 5.32. The van der Waals surface area contributed by atoms with E-state index in [-0.39, 0.29) is 0 Å². The van der Waals surface area contributed by atoms with Crippen LogP contribution in [0.25, 0.3) is 0 Å². The molecule has 1 saturated carbocycles. The highest BCUT2D eigenvalue weighted by molar-refractivity contribution is 5.05. The van der Waals surface area contributed by atoms with E-state index in [1.807, 2.05) is 0 Å². The fourth-order valence-corrected chi connectivity index (χ4v) is 2.48. The van der Waals surface area contributed by atoms with Gasteiger partial charge in [0.15, 0.2) is 5.82 Å². The van der Waals surface area contributed by atoms with E-state index in [2.05, 4.69) is 22.4 Å². The van der Waals surface area contributed by atoms with Crippen LogP contribution in [0.3, 0.4) is 0 Å². The zero-order chi connectivity index (χ0) is 10.3. The van der Waals surface area contributed by atoms with Gasteiger partial charge in [0.1, 0.15) is 0 Å². The third kappa shape index (κ3) is 1.67. The third-order valence-electron chi connectivity index (χ3n) is 3.65. The molecule has 3 rings (SSSR count). The second-order valence-electron chi connectivity index (χ2n) is 4.96. The Kier molecular flexibility index (Phi) is 2.24. The molecule has 1 N–H and O–H groups in total. The minimum atomic E-state index is 0.463. The number of nitrogens with zero attached hydrogens (tertiary/aromatic N) is 2. The van der Waals surface area contributed by atoms with E-state index in [4.69, 9.17) is 4.52 Å². The molecule has 4 nitrogen and oxygen atoms in total. The predicted octanol–water partition coefficient (Wildman–Crippen LogP) is 1.66. The van der Waals surface area contributed by atoms with Gasteiger partial charge in [-0.25, -0.2) is 0 Å². The van der Waals surface area contributed by atoms with Crippen LogP contribution in [0, 0.1) is 5.92 Å². The van der Waals surface area contributed by atoms with Crippen LogP contribution < -0.4 is 5.32 Å². The predicted molar refractivity (Wildman–Crippen MR) is 55.7 cm³/mol. The lowest BCUT2D eigenvalue weighted by molar-refractivity contribution is 0.305. The highest BCUT2D eigenvalue weighted by atomic mass is 16.5. The van der Waals surface area contributed by atoms with Crippen molar-refractivity contribution in [3.8, 4) is 0 Å². The summed E-state index contributed by atoms with van der Waals surface area (Å²) in [4.78, 5) is 4.53. The maximum Gasteiger partial charge on any atom is 0.232 e. The van der Waals surface area contributed by atoms with Crippen molar-refractivity contribution in [2.75, 3.05) is 13.1 Å². The summed E-state index contributed by atoms with van der Waals surface area (Å²) in [5.41, 5.74) is 0. The van der Waals surface area contributed by atoms with Crippen molar-refractivity contribution >= 4 is 0 Å². The summed E-state index contributed by atoms with van der Waals surface area (Å²) in [5.74, 6) is 3.61. The molecule has 0 bridgehead atoms. The molecule has 1 aromatic rings. The van der Waals surface area contributed by atoms with Gasteiger partial charge in [0.25, 0.3) is 0 Å². The molecule has 0 radical (unpaired) electrons. The average molecular weight is 207 g/mol. The SMILES string of the molecule is CC1CCC(c2noc(C3CNC3)n2)C1. The van der Waals surface area contributed by atoms with Gasteiger partial charge >= 0.3 is 0 Å². The van der Waals surface area contributed by atoms with E-state index in [9.17, 15) is 0 Å². The molecule has 0 aromatic carbocycles. The summed E-state index contributed by atoms with van der Waals surface area (Å²) in [6.45, 7) is 4.28. The molecule has 1 aliphatic carbocycles. The Balaban J connectivity index is 1.72. The van der Waals surface area contributed by atoms with Gasteiger partial charge in [0.05, 0.1) is 5.92 Å². The molecule has 4 heteroatoms. The van der Waals surface area contributed by atoms with Crippen LogP contribution in [0.5, 0.6) is 0 Å². The molecule has 82 valence electrons. The van der Waals surface area contributed by atoms with Crippen molar-refractivity contribution in [3.05, 3.63) is 11.7 Å². The summed E-state index contributed by atoms with van der Waals surface area (Å²) in [6, 6.07) is 0. The molecule has 15 heavy (non-hydrogen) atoms. The summed E-state index contributed by atoms with van der Waals surface area (Å²) in [6.07, 6.45) is 3.75. The lowest BCUT2D eigenvalue weighted by Crippen LogP contribution is -2.40. The van der Waals surface area contributed by atoms with E-state index in [0.29, 0.717) is 11.8 Å². The second-order valence-corrected chi connectivity index (χ2v) is 4.96. The first-order chi connectivity index (χ1) is 7.33. The van der Waals surface area contributed by atoms with Crippen molar-refractivity contribution in [1.82, 2.24) is 15.5 Å². The number of rotatable bonds is 2. The molecule has 2 atom stereocenters. The first kappa shape index (κ1) is 9.33. The Morgan fingerprint density at radius 3 is 2.73 bits per heavy atom. The van der Waals surface area contributed by atoms with Crippen LogP contribution in [0.15, 0.2) is 4.52 Å². The van der Waals surface area contributed by atoms with E-state index < -0.39 is 0 Å². The van der Waals surface area contributed by atoms with Gasteiger partial charge in [-0.2, -0.15) is 4.98 Å². The lowest BCUT2D eigenvalue weighted by atomic mass is 10.0.